The number of alkyl halides is 2. The van der Waals surface area contributed by atoms with Gasteiger partial charge >= 0.3 is 11.9 Å². The van der Waals surface area contributed by atoms with Crippen LogP contribution in [0.1, 0.15) is 13.3 Å². The quantitative estimate of drug-likeness (QED) is 0.565. The third-order valence-electron chi connectivity index (χ3n) is 0.985. The van der Waals surface area contributed by atoms with E-state index in [9.17, 15) is 9.59 Å². The molecular formula is C6H8Cl2O4. The normalized spacial score (nSPS) is 10.9. The second-order valence-corrected chi connectivity index (χ2v) is 3.48. The number of carboxylic acid groups (broad SMARTS) is 1. The molecule has 0 fully saturated rings. The summed E-state index contributed by atoms with van der Waals surface area (Å²) in [7, 11) is 0. The molecule has 0 amide bonds. The predicted octanol–water partition coefficient (Wildman–Crippen LogP) is 1.20. The van der Waals surface area contributed by atoms with E-state index in [-0.39, 0.29) is 6.61 Å². The number of esters is 1. The summed E-state index contributed by atoms with van der Waals surface area (Å²) in [6.07, 6.45) is -0.556. The summed E-state index contributed by atoms with van der Waals surface area (Å²) >= 11 is 10.5. The third-order valence-corrected chi connectivity index (χ3v) is 1.58. The van der Waals surface area contributed by atoms with Gasteiger partial charge in [0.2, 0.25) is 4.33 Å². The summed E-state index contributed by atoms with van der Waals surface area (Å²) in [6, 6.07) is 0. The highest BCUT2D eigenvalue weighted by molar-refractivity contribution is 6.58. The van der Waals surface area contributed by atoms with Crippen molar-refractivity contribution in [3.05, 3.63) is 0 Å². The number of carboxylic acids is 1. The molecule has 0 atom stereocenters. The van der Waals surface area contributed by atoms with Gasteiger partial charge in [0.15, 0.2) is 0 Å². The van der Waals surface area contributed by atoms with Crippen molar-refractivity contribution in [3.8, 4) is 0 Å². The van der Waals surface area contributed by atoms with Crippen molar-refractivity contribution in [1.29, 1.82) is 0 Å². The maximum atomic E-state index is 10.7. The summed E-state index contributed by atoms with van der Waals surface area (Å²) in [5.41, 5.74) is 0. The van der Waals surface area contributed by atoms with Crippen LogP contribution in [0.25, 0.3) is 0 Å². The largest absolute Gasteiger partial charge is 0.479 e. The Balaban J connectivity index is 4.06. The van der Waals surface area contributed by atoms with E-state index in [1.54, 1.807) is 6.92 Å². The summed E-state index contributed by atoms with van der Waals surface area (Å²) in [4.78, 5) is 21.0. The van der Waals surface area contributed by atoms with Gasteiger partial charge in [-0.25, -0.2) is 4.79 Å². The number of ether oxygens (including phenoxy) is 1. The highest BCUT2D eigenvalue weighted by Crippen LogP contribution is 2.25. The second-order valence-electron chi connectivity index (χ2n) is 1.99. The van der Waals surface area contributed by atoms with Crippen LogP contribution in [0.3, 0.4) is 0 Å². The van der Waals surface area contributed by atoms with E-state index in [1.165, 1.54) is 0 Å². The van der Waals surface area contributed by atoms with Crippen LogP contribution in [0.5, 0.6) is 0 Å². The Labute approximate surface area is 79.4 Å². The van der Waals surface area contributed by atoms with Gasteiger partial charge in [0.25, 0.3) is 0 Å². The number of hydrogen-bond donors (Lipinski definition) is 1. The Morgan fingerprint density at radius 2 is 2.00 bits per heavy atom. The molecule has 4 nitrogen and oxygen atoms in total. The molecule has 0 saturated heterocycles. The van der Waals surface area contributed by atoms with Crippen LogP contribution in [0.15, 0.2) is 0 Å². The van der Waals surface area contributed by atoms with Gasteiger partial charge in [-0.05, 0) is 6.92 Å². The molecule has 0 spiro atoms. The minimum absolute atomic E-state index is 0.169. The van der Waals surface area contributed by atoms with Crippen LogP contribution in [-0.2, 0) is 14.3 Å². The number of halogens is 2. The molecule has 0 unspecified atom stereocenters. The number of rotatable bonds is 4. The number of carbonyl (C=O) groups is 2. The molecule has 1 N–H and O–H groups in total. The maximum Gasteiger partial charge on any atom is 0.340 e. The molecule has 0 aromatic heterocycles. The zero-order valence-electron chi connectivity index (χ0n) is 6.34. The van der Waals surface area contributed by atoms with Gasteiger partial charge in [0.05, 0.1) is 13.0 Å². The van der Waals surface area contributed by atoms with Crippen molar-refractivity contribution in [3.63, 3.8) is 0 Å². The molecule has 0 rings (SSSR count). The fourth-order valence-corrected chi connectivity index (χ4v) is 0.687. The standard InChI is InChI=1S/C6H8Cl2O4/c1-2-12-4(9)3-6(7,8)5(10)11/h2-3H2,1H3,(H,10,11). The summed E-state index contributed by atoms with van der Waals surface area (Å²) in [5.74, 6) is -2.19. The third kappa shape index (κ3) is 3.78. The predicted molar refractivity (Wildman–Crippen MR) is 43.3 cm³/mol. The zero-order valence-corrected chi connectivity index (χ0v) is 7.85. The van der Waals surface area contributed by atoms with E-state index in [0.717, 1.165) is 0 Å². The Bertz CT molecular complexity index is 190. The van der Waals surface area contributed by atoms with Crippen LogP contribution < -0.4 is 0 Å². The number of aliphatic carboxylic acids is 1. The van der Waals surface area contributed by atoms with Gasteiger partial charge in [-0.3, -0.25) is 4.79 Å². The Kier molecular flexibility index (Phi) is 4.34. The fraction of sp³-hybridized carbons (Fsp3) is 0.667. The van der Waals surface area contributed by atoms with Crippen molar-refractivity contribution in [2.45, 2.75) is 17.7 Å². The van der Waals surface area contributed by atoms with Crippen molar-refractivity contribution in [2.24, 2.45) is 0 Å². The van der Waals surface area contributed by atoms with Crippen molar-refractivity contribution < 1.29 is 19.4 Å². The van der Waals surface area contributed by atoms with E-state index in [1.807, 2.05) is 0 Å². The molecule has 12 heavy (non-hydrogen) atoms. The van der Waals surface area contributed by atoms with Gasteiger partial charge in [-0.1, -0.05) is 23.2 Å². The highest BCUT2D eigenvalue weighted by atomic mass is 35.5. The van der Waals surface area contributed by atoms with Gasteiger partial charge in [0, 0.05) is 0 Å². The Morgan fingerprint density at radius 1 is 1.50 bits per heavy atom. The molecule has 0 radical (unpaired) electrons. The summed E-state index contributed by atoms with van der Waals surface area (Å²) < 4.78 is 2.37. The molecule has 0 heterocycles. The van der Waals surface area contributed by atoms with Crippen LogP contribution in [0.2, 0.25) is 0 Å². The molecular weight excluding hydrogens is 207 g/mol. The fourth-order valence-electron chi connectivity index (χ4n) is 0.469. The van der Waals surface area contributed by atoms with Gasteiger partial charge < -0.3 is 9.84 Å². The topological polar surface area (TPSA) is 63.6 Å². The van der Waals surface area contributed by atoms with Crippen LogP contribution in [0.4, 0.5) is 0 Å². The van der Waals surface area contributed by atoms with E-state index < -0.39 is 22.7 Å². The average molecular weight is 215 g/mol. The molecule has 0 aliphatic carbocycles. The first-order chi connectivity index (χ1) is 5.40. The summed E-state index contributed by atoms with van der Waals surface area (Å²) in [5, 5.41) is 8.39. The van der Waals surface area contributed by atoms with E-state index in [4.69, 9.17) is 28.3 Å². The lowest BCUT2D eigenvalue weighted by Crippen LogP contribution is -2.29. The molecule has 0 aliphatic heterocycles. The van der Waals surface area contributed by atoms with Gasteiger partial charge in [-0.15, -0.1) is 0 Å². The molecule has 70 valence electrons. The first-order valence-corrected chi connectivity index (χ1v) is 3.92. The number of hydrogen-bond acceptors (Lipinski definition) is 3. The smallest absolute Gasteiger partial charge is 0.340 e. The van der Waals surface area contributed by atoms with Crippen LogP contribution >= 0.6 is 23.2 Å². The molecule has 0 aromatic rings. The minimum Gasteiger partial charge on any atom is -0.479 e. The Morgan fingerprint density at radius 3 is 2.33 bits per heavy atom. The van der Waals surface area contributed by atoms with Crippen molar-refractivity contribution in [2.75, 3.05) is 6.61 Å². The van der Waals surface area contributed by atoms with Crippen LogP contribution in [-0.4, -0.2) is 28.0 Å². The lowest BCUT2D eigenvalue weighted by molar-refractivity contribution is -0.147. The maximum absolute atomic E-state index is 10.7. The first kappa shape index (κ1) is 11.5. The van der Waals surface area contributed by atoms with E-state index in [0.29, 0.717) is 0 Å². The molecule has 0 bridgehead atoms. The van der Waals surface area contributed by atoms with Gasteiger partial charge in [0.1, 0.15) is 0 Å². The lowest BCUT2D eigenvalue weighted by Gasteiger charge is -2.11. The summed E-state index contributed by atoms with van der Waals surface area (Å²) in [6.45, 7) is 1.77. The van der Waals surface area contributed by atoms with E-state index >= 15 is 0 Å². The van der Waals surface area contributed by atoms with Crippen molar-refractivity contribution in [1.82, 2.24) is 0 Å². The zero-order chi connectivity index (χ0) is 9.78. The second kappa shape index (κ2) is 4.52. The molecule has 0 aromatic carbocycles. The molecule has 0 saturated carbocycles. The highest BCUT2D eigenvalue weighted by Gasteiger charge is 2.36. The van der Waals surface area contributed by atoms with Gasteiger partial charge in [-0.2, -0.15) is 0 Å². The minimum atomic E-state index is -2.09. The number of carbonyl (C=O) groups excluding carboxylic acids is 1. The van der Waals surface area contributed by atoms with E-state index in [2.05, 4.69) is 4.74 Å². The Hall–Kier alpha value is -0.480. The average Bonchev–Trinajstić information content (AvgIpc) is 1.85. The van der Waals surface area contributed by atoms with Crippen molar-refractivity contribution >= 4 is 35.1 Å². The van der Waals surface area contributed by atoms with Crippen LogP contribution in [0, 0.1) is 0 Å². The monoisotopic (exact) mass is 214 g/mol. The first-order valence-electron chi connectivity index (χ1n) is 3.17. The molecule has 0 aliphatic rings. The SMILES string of the molecule is CCOC(=O)CC(Cl)(Cl)C(=O)O. The molecule has 6 heteroatoms. The lowest BCUT2D eigenvalue weighted by atomic mass is 10.3.